The SMILES string of the molecule is CC(Nc1cc(F)ccc1Cl)C(=O)N1CCCCCC1. The van der Waals surface area contributed by atoms with Gasteiger partial charge in [0.1, 0.15) is 11.9 Å². The van der Waals surface area contributed by atoms with Gasteiger partial charge in [0, 0.05) is 13.1 Å². The van der Waals surface area contributed by atoms with Crippen molar-refractivity contribution in [1.82, 2.24) is 4.90 Å². The van der Waals surface area contributed by atoms with Crippen molar-refractivity contribution in [3.8, 4) is 0 Å². The molecule has 0 aromatic heterocycles. The van der Waals surface area contributed by atoms with Crippen molar-refractivity contribution in [2.75, 3.05) is 18.4 Å². The van der Waals surface area contributed by atoms with Gasteiger partial charge in [-0.2, -0.15) is 0 Å². The molecule has 0 saturated carbocycles. The first-order valence-corrected chi connectivity index (χ1v) is 7.46. The second kappa shape index (κ2) is 6.93. The molecule has 1 atom stereocenters. The fourth-order valence-electron chi connectivity index (χ4n) is 2.47. The van der Waals surface area contributed by atoms with Crippen LogP contribution in [-0.2, 0) is 4.79 Å². The zero-order valence-electron chi connectivity index (χ0n) is 11.7. The van der Waals surface area contributed by atoms with Crippen LogP contribution in [0.2, 0.25) is 5.02 Å². The summed E-state index contributed by atoms with van der Waals surface area (Å²) in [6.45, 7) is 3.40. The predicted molar refractivity (Wildman–Crippen MR) is 79.5 cm³/mol. The zero-order chi connectivity index (χ0) is 14.5. The average molecular weight is 299 g/mol. The molecule has 3 nitrogen and oxygen atoms in total. The minimum atomic E-state index is -0.410. The molecule has 1 aliphatic heterocycles. The Bertz CT molecular complexity index is 473. The molecule has 5 heteroatoms. The van der Waals surface area contributed by atoms with E-state index in [-0.39, 0.29) is 11.7 Å². The first kappa shape index (κ1) is 15.1. The van der Waals surface area contributed by atoms with Crippen LogP contribution in [0, 0.1) is 5.82 Å². The summed E-state index contributed by atoms with van der Waals surface area (Å²) in [6.07, 6.45) is 4.47. The summed E-state index contributed by atoms with van der Waals surface area (Å²) in [5, 5.41) is 3.42. The zero-order valence-corrected chi connectivity index (χ0v) is 12.4. The second-order valence-corrected chi connectivity index (χ2v) is 5.64. The Morgan fingerprint density at radius 2 is 1.95 bits per heavy atom. The molecule has 110 valence electrons. The van der Waals surface area contributed by atoms with Gasteiger partial charge in [-0.25, -0.2) is 4.39 Å². The molecule has 2 rings (SSSR count). The quantitative estimate of drug-likeness (QED) is 0.923. The van der Waals surface area contributed by atoms with Gasteiger partial charge >= 0.3 is 0 Å². The molecule has 1 fully saturated rings. The van der Waals surface area contributed by atoms with E-state index in [2.05, 4.69) is 5.32 Å². The molecule has 1 amide bonds. The molecular weight excluding hydrogens is 279 g/mol. The summed E-state index contributed by atoms with van der Waals surface area (Å²) in [4.78, 5) is 14.3. The topological polar surface area (TPSA) is 32.3 Å². The summed E-state index contributed by atoms with van der Waals surface area (Å²) < 4.78 is 13.2. The highest BCUT2D eigenvalue weighted by Gasteiger charge is 2.21. The lowest BCUT2D eigenvalue weighted by Gasteiger charge is -2.25. The highest BCUT2D eigenvalue weighted by molar-refractivity contribution is 6.33. The van der Waals surface area contributed by atoms with Crippen LogP contribution < -0.4 is 5.32 Å². The Morgan fingerprint density at radius 3 is 2.60 bits per heavy atom. The molecule has 1 N–H and O–H groups in total. The van der Waals surface area contributed by atoms with Crippen LogP contribution in [0.4, 0.5) is 10.1 Å². The van der Waals surface area contributed by atoms with E-state index in [1.165, 1.54) is 31.0 Å². The van der Waals surface area contributed by atoms with Crippen molar-refractivity contribution in [3.63, 3.8) is 0 Å². The highest BCUT2D eigenvalue weighted by Crippen LogP contribution is 2.23. The van der Waals surface area contributed by atoms with E-state index in [1.54, 1.807) is 6.92 Å². The van der Waals surface area contributed by atoms with Gasteiger partial charge in [-0.3, -0.25) is 4.79 Å². The van der Waals surface area contributed by atoms with Crippen molar-refractivity contribution in [2.45, 2.75) is 38.6 Å². The Hall–Kier alpha value is -1.29. The van der Waals surface area contributed by atoms with Gasteiger partial charge in [-0.1, -0.05) is 24.4 Å². The van der Waals surface area contributed by atoms with E-state index in [1.807, 2.05) is 4.90 Å². The Kier molecular flexibility index (Phi) is 5.24. The van der Waals surface area contributed by atoms with Gasteiger partial charge in [0.25, 0.3) is 0 Å². The maximum atomic E-state index is 13.2. The van der Waals surface area contributed by atoms with Gasteiger partial charge in [-0.05, 0) is 38.0 Å². The van der Waals surface area contributed by atoms with Gasteiger partial charge in [0.05, 0.1) is 10.7 Å². The van der Waals surface area contributed by atoms with Crippen molar-refractivity contribution in [1.29, 1.82) is 0 Å². The lowest BCUT2D eigenvalue weighted by Crippen LogP contribution is -2.41. The fraction of sp³-hybridized carbons (Fsp3) is 0.533. The standard InChI is InChI=1S/C15H20ClFN2O/c1-11(15(20)19-8-4-2-3-5-9-19)18-14-10-12(17)6-7-13(14)16/h6-7,10-11,18H,2-5,8-9H2,1H3. The molecule has 0 aliphatic carbocycles. The number of nitrogens with one attached hydrogen (secondary N) is 1. The summed E-state index contributed by atoms with van der Waals surface area (Å²) in [7, 11) is 0. The van der Waals surface area contributed by atoms with E-state index in [0.717, 1.165) is 25.9 Å². The molecular formula is C15H20ClFN2O. The first-order chi connectivity index (χ1) is 9.58. The first-order valence-electron chi connectivity index (χ1n) is 7.08. The third-order valence-electron chi connectivity index (χ3n) is 3.59. The number of halogens is 2. The molecule has 1 aromatic rings. The molecule has 0 radical (unpaired) electrons. The maximum absolute atomic E-state index is 13.2. The lowest BCUT2D eigenvalue weighted by molar-refractivity contribution is -0.131. The normalized spacial score (nSPS) is 17.4. The molecule has 0 spiro atoms. The van der Waals surface area contributed by atoms with Crippen molar-refractivity contribution in [3.05, 3.63) is 29.0 Å². The smallest absolute Gasteiger partial charge is 0.244 e. The van der Waals surface area contributed by atoms with E-state index in [0.29, 0.717) is 10.7 Å². The van der Waals surface area contributed by atoms with Crippen LogP contribution >= 0.6 is 11.6 Å². The van der Waals surface area contributed by atoms with Crippen LogP contribution in [0.1, 0.15) is 32.6 Å². The van der Waals surface area contributed by atoms with Crippen molar-refractivity contribution in [2.24, 2.45) is 0 Å². The molecule has 1 aromatic carbocycles. The van der Waals surface area contributed by atoms with Crippen LogP contribution in [0.5, 0.6) is 0 Å². The Morgan fingerprint density at radius 1 is 1.30 bits per heavy atom. The Balaban J connectivity index is 2.01. The second-order valence-electron chi connectivity index (χ2n) is 5.23. The number of likely N-dealkylation sites (tertiary alicyclic amines) is 1. The Labute approximate surface area is 124 Å². The number of amides is 1. The van der Waals surface area contributed by atoms with Gasteiger partial charge in [0.2, 0.25) is 5.91 Å². The summed E-state index contributed by atoms with van der Waals surface area (Å²) >= 11 is 6.00. The summed E-state index contributed by atoms with van der Waals surface area (Å²) in [6, 6.07) is 3.69. The van der Waals surface area contributed by atoms with Crippen LogP contribution in [0.3, 0.4) is 0 Å². The molecule has 20 heavy (non-hydrogen) atoms. The molecule has 1 aliphatic rings. The minimum absolute atomic E-state index is 0.0484. The fourth-order valence-corrected chi connectivity index (χ4v) is 2.64. The average Bonchev–Trinajstić information content (AvgIpc) is 2.71. The summed E-state index contributed by atoms with van der Waals surface area (Å²) in [5.41, 5.74) is 0.460. The van der Waals surface area contributed by atoms with Crippen LogP contribution in [-0.4, -0.2) is 29.9 Å². The minimum Gasteiger partial charge on any atom is -0.373 e. The van der Waals surface area contributed by atoms with E-state index in [4.69, 9.17) is 11.6 Å². The number of carbonyl (C=O) groups excluding carboxylic acids is 1. The largest absolute Gasteiger partial charge is 0.373 e. The highest BCUT2D eigenvalue weighted by atomic mass is 35.5. The number of hydrogen-bond acceptors (Lipinski definition) is 2. The van der Waals surface area contributed by atoms with E-state index < -0.39 is 6.04 Å². The van der Waals surface area contributed by atoms with E-state index in [9.17, 15) is 9.18 Å². The maximum Gasteiger partial charge on any atom is 0.244 e. The van der Waals surface area contributed by atoms with Gasteiger partial charge in [0.15, 0.2) is 0 Å². The summed E-state index contributed by atoms with van der Waals surface area (Å²) in [5.74, 6) is -0.321. The number of hydrogen-bond donors (Lipinski definition) is 1. The number of rotatable bonds is 3. The number of benzene rings is 1. The molecule has 1 unspecified atom stereocenters. The van der Waals surface area contributed by atoms with E-state index >= 15 is 0 Å². The predicted octanol–water partition coefficient (Wildman–Crippen LogP) is 3.68. The van der Waals surface area contributed by atoms with Gasteiger partial charge in [-0.15, -0.1) is 0 Å². The van der Waals surface area contributed by atoms with Crippen molar-refractivity contribution >= 4 is 23.2 Å². The van der Waals surface area contributed by atoms with Gasteiger partial charge < -0.3 is 10.2 Å². The third kappa shape index (κ3) is 3.85. The van der Waals surface area contributed by atoms with Crippen LogP contribution in [0.15, 0.2) is 18.2 Å². The molecule has 1 saturated heterocycles. The number of carbonyl (C=O) groups is 1. The van der Waals surface area contributed by atoms with Crippen molar-refractivity contribution < 1.29 is 9.18 Å². The lowest BCUT2D eigenvalue weighted by atomic mass is 10.2. The molecule has 0 bridgehead atoms. The number of anilines is 1. The third-order valence-corrected chi connectivity index (χ3v) is 3.92. The van der Waals surface area contributed by atoms with Crippen LogP contribution in [0.25, 0.3) is 0 Å². The molecule has 1 heterocycles. The monoisotopic (exact) mass is 298 g/mol. The number of nitrogens with zero attached hydrogens (tertiary/aromatic N) is 1.